The van der Waals surface area contributed by atoms with Crippen LogP contribution in [0.15, 0.2) is 12.4 Å². The molecule has 60 valence electrons. The Bertz CT molecular complexity index is 252. The molecule has 0 aliphatic heterocycles. The lowest BCUT2D eigenvalue weighted by atomic mass is 10.1. The first-order valence-corrected chi connectivity index (χ1v) is 3.65. The molecule has 1 aromatic rings. The lowest BCUT2D eigenvalue weighted by Gasteiger charge is -1.90. The average molecular weight is 152 g/mol. The summed E-state index contributed by atoms with van der Waals surface area (Å²) in [6.07, 6.45) is 5.15. The van der Waals surface area contributed by atoms with Gasteiger partial charge in [0.05, 0.1) is 6.20 Å². The number of aryl methyl sites for hydroxylation is 2. The van der Waals surface area contributed by atoms with Gasteiger partial charge >= 0.3 is 0 Å². The largest absolute Gasteiger partial charge is 0.300 e. The zero-order valence-corrected chi connectivity index (χ0v) is 6.87. The molecule has 1 rings (SSSR count). The third kappa shape index (κ3) is 2.53. The number of hydrogen-bond donors (Lipinski definition) is 0. The van der Waals surface area contributed by atoms with Gasteiger partial charge in [0, 0.05) is 19.7 Å². The second-order valence-corrected chi connectivity index (χ2v) is 2.72. The number of ketones is 1. The highest BCUT2D eigenvalue weighted by atomic mass is 16.1. The number of nitrogens with zero attached hydrogens (tertiary/aromatic N) is 2. The molecule has 0 atom stereocenters. The van der Waals surface area contributed by atoms with Crippen LogP contribution in [0, 0.1) is 0 Å². The van der Waals surface area contributed by atoms with Gasteiger partial charge in [0.1, 0.15) is 5.78 Å². The topological polar surface area (TPSA) is 34.9 Å². The van der Waals surface area contributed by atoms with E-state index in [1.165, 1.54) is 0 Å². The average Bonchev–Trinajstić information content (AvgIpc) is 2.31. The fourth-order valence-electron chi connectivity index (χ4n) is 0.921. The maximum Gasteiger partial charge on any atom is 0.130 e. The van der Waals surface area contributed by atoms with Crippen molar-refractivity contribution >= 4 is 5.78 Å². The highest BCUT2D eigenvalue weighted by molar-refractivity contribution is 5.75. The van der Waals surface area contributed by atoms with E-state index in [4.69, 9.17) is 0 Å². The Kier molecular flexibility index (Phi) is 2.41. The fraction of sp³-hybridized carbons (Fsp3) is 0.500. The van der Waals surface area contributed by atoms with Gasteiger partial charge in [-0.2, -0.15) is 5.10 Å². The number of hydrogen-bond acceptors (Lipinski definition) is 2. The smallest absolute Gasteiger partial charge is 0.130 e. The van der Waals surface area contributed by atoms with E-state index in [9.17, 15) is 4.79 Å². The van der Waals surface area contributed by atoms with E-state index in [-0.39, 0.29) is 5.78 Å². The number of Topliss-reactive ketones (excluding diaryl/α,β-unsaturated/α-hetero) is 1. The summed E-state index contributed by atoms with van der Waals surface area (Å²) in [5.41, 5.74) is 1.13. The molecular formula is C8H12N2O. The molecule has 0 amide bonds. The Morgan fingerprint density at radius 1 is 1.73 bits per heavy atom. The second kappa shape index (κ2) is 3.32. The summed E-state index contributed by atoms with van der Waals surface area (Å²) < 4.78 is 1.75. The monoisotopic (exact) mass is 152 g/mol. The molecule has 3 nitrogen and oxygen atoms in total. The molecule has 0 aromatic carbocycles. The van der Waals surface area contributed by atoms with Crippen LogP contribution in [-0.2, 0) is 18.3 Å². The van der Waals surface area contributed by atoms with Crippen LogP contribution < -0.4 is 0 Å². The van der Waals surface area contributed by atoms with Crippen LogP contribution >= 0.6 is 0 Å². The standard InChI is InChI=1S/C8H12N2O/c1-7(11)3-4-8-5-9-10(2)6-8/h5-6H,3-4H2,1-2H3. The van der Waals surface area contributed by atoms with E-state index in [2.05, 4.69) is 5.10 Å². The Labute approximate surface area is 66.0 Å². The van der Waals surface area contributed by atoms with Gasteiger partial charge in [0.2, 0.25) is 0 Å². The van der Waals surface area contributed by atoms with Gasteiger partial charge in [-0.05, 0) is 18.9 Å². The lowest BCUT2D eigenvalue weighted by molar-refractivity contribution is -0.116. The van der Waals surface area contributed by atoms with E-state index >= 15 is 0 Å². The zero-order valence-electron chi connectivity index (χ0n) is 6.87. The molecule has 0 fully saturated rings. The van der Waals surface area contributed by atoms with Crippen LogP contribution in [-0.4, -0.2) is 15.6 Å². The van der Waals surface area contributed by atoms with Crippen molar-refractivity contribution < 1.29 is 4.79 Å². The van der Waals surface area contributed by atoms with Gasteiger partial charge in [-0.3, -0.25) is 4.68 Å². The number of carbonyl (C=O) groups excluding carboxylic acids is 1. The van der Waals surface area contributed by atoms with Crippen LogP contribution in [0.3, 0.4) is 0 Å². The molecule has 1 heterocycles. The van der Waals surface area contributed by atoms with Gasteiger partial charge in [0.15, 0.2) is 0 Å². The first-order chi connectivity index (χ1) is 5.18. The molecule has 3 heteroatoms. The Morgan fingerprint density at radius 2 is 2.45 bits per heavy atom. The first kappa shape index (κ1) is 7.98. The minimum absolute atomic E-state index is 0.230. The van der Waals surface area contributed by atoms with Crippen LogP contribution in [0.1, 0.15) is 18.9 Å². The maximum absolute atomic E-state index is 10.6. The SMILES string of the molecule is CC(=O)CCc1cnn(C)c1. The van der Waals surface area contributed by atoms with Crippen molar-refractivity contribution in [1.82, 2.24) is 9.78 Å². The summed E-state index contributed by atoms with van der Waals surface area (Å²) in [5.74, 6) is 0.230. The quantitative estimate of drug-likeness (QED) is 0.646. The molecule has 11 heavy (non-hydrogen) atoms. The lowest BCUT2D eigenvalue weighted by Crippen LogP contribution is -1.92. The molecule has 0 unspecified atom stereocenters. The highest BCUT2D eigenvalue weighted by Crippen LogP contribution is 2.00. The van der Waals surface area contributed by atoms with E-state index in [1.807, 2.05) is 13.2 Å². The molecule has 0 saturated heterocycles. The Balaban J connectivity index is 2.45. The Morgan fingerprint density at radius 3 is 2.91 bits per heavy atom. The van der Waals surface area contributed by atoms with E-state index < -0.39 is 0 Å². The van der Waals surface area contributed by atoms with E-state index in [0.29, 0.717) is 6.42 Å². The van der Waals surface area contributed by atoms with Gasteiger partial charge in [-0.1, -0.05) is 0 Å². The third-order valence-electron chi connectivity index (χ3n) is 1.52. The van der Waals surface area contributed by atoms with Gasteiger partial charge in [-0.15, -0.1) is 0 Å². The molecule has 1 aromatic heterocycles. The van der Waals surface area contributed by atoms with Crippen LogP contribution in [0.4, 0.5) is 0 Å². The van der Waals surface area contributed by atoms with Crippen LogP contribution in [0.25, 0.3) is 0 Å². The van der Waals surface area contributed by atoms with Crippen molar-refractivity contribution in [2.75, 3.05) is 0 Å². The predicted molar refractivity (Wildman–Crippen MR) is 42.2 cm³/mol. The van der Waals surface area contributed by atoms with Gasteiger partial charge < -0.3 is 4.79 Å². The minimum Gasteiger partial charge on any atom is -0.300 e. The molecule has 0 N–H and O–H groups in total. The molecule has 0 spiro atoms. The van der Waals surface area contributed by atoms with Crippen molar-refractivity contribution in [3.8, 4) is 0 Å². The van der Waals surface area contributed by atoms with Gasteiger partial charge in [-0.25, -0.2) is 0 Å². The van der Waals surface area contributed by atoms with Crippen molar-refractivity contribution in [2.24, 2.45) is 7.05 Å². The molecule has 0 bridgehead atoms. The maximum atomic E-state index is 10.6. The minimum atomic E-state index is 0.230. The fourth-order valence-corrected chi connectivity index (χ4v) is 0.921. The highest BCUT2D eigenvalue weighted by Gasteiger charge is 1.97. The summed E-state index contributed by atoms with van der Waals surface area (Å²) in [5, 5.41) is 4.00. The van der Waals surface area contributed by atoms with Crippen molar-refractivity contribution in [3.63, 3.8) is 0 Å². The molecule has 0 saturated carbocycles. The van der Waals surface area contributed by atoms with Crippen molar-refractivity contribution in [3.05, 3.63) is 18.0 Å². The Hall–Kier alpha value is -1.12. The summed E-state index contributed by atoms with van der Waals surface area (Å²) in [4.78, 5) is 10.6. The predicted octanol–water partition coefficient (Wildman–Crippen LogP) is 0.942. The van der Waals surface area contributed by atoms with Crippen molar-refractivity contribution in [1.29, 1.82) is 0 Å². The summed E-state index contributed by atoms with van der Waals surface area (Å²) in [7, 11) is 1.87. The first-order valence-electron chi connectivity index (χ1n) is 3.65. The second-order valence-electron chi connectivity index (χ2n) is 2.72. The normalized spacial score (nSPS) is 10.0. The number of carbonyl (C=O) groups is 1. The third-order valence-corrected chi connectivity index (χ3v) is 1.52. The summed E-state index contributed by atoms with van der Waals surface area (Å²) in [6.45, 7) is 1.61. The van der Waals surface area contributed by atoms with Crippen molar-refractivity contribution in [2.45, 2.75) is 19.8 Å². The molecular weight excluding hydrogens is 140 g/mol. The zero-order chi connectivity index (χ0) is 8.27. The van der Waals surface area contributed by atoms with Crippen LogP contribution in [0.5, 0.6) is 0 Å². The molecule has 0 aliphatic rings. The summed E-state index contributed by atoms with van der Waals surface area (Å²) in [6, 6.07) is 0. The number of aromatic nitrogens is 2. The van der Waals surface area contributed by atoms with Gasteiger partial charge in [0.25, 0.3) is 0 Å². The van der Waals surface area contributed by atoms with E-state index in [1.54, 1.807) is 17.8 Å². The molecule has 0 aliphatic carbocycles. The molecule has 0 radical (unpaired) electrons. The van der Waals surface area contributed by atoms with Crippen LogP contribution in [0.2, 0.25) is 0 Å². The number of rotatable bonds is 3. The summed E-state index contributed by atoms with van der Waals surface area (Å²) >= 11 is 0. The van der Waals surface area contributed by atoms with E-state index in [0.717, 1.165) is 12.0 Å².